The summed E-state index contributed by atoms with van der Waals surface area (Å²) >= 11 is 0. The number of unbranched alkanes of at least 4 members (excludes halogenated alkanes) is 1. The van der Waals surface area contributed by atoms with Crippen molar-refractivity contribution in [2.75, 3.05) is 6.54 Å². The topological polar surface area (TPSA) is 93.0 Å². The van der Waals surface area contributed by atoms with Crippen molar-refractivity contribution in [3.63, 3.8) is 0 Å². The van der Waals surface area contributed by atoms with Crippen LogP contribution in [0.1, 0.15) is 72.0 Å². The number of H-pyrrole nitrogens is 1. The molecule has 1 aliphatic rings. The van der Waals surface area contributed by atoms with Gasteiger partial charge in [-0.2, -0.15) is 0 Å². The first-order chi connectivity index (χ1) is 14.3. The van der Waals surface area contributed by atoms with E-state index in [2.05, 4.69) is 32.7 Å². The van der Waals surface area contributed by atoms with Crippen LogP contribution in [0.3, 0.4) is 0 Å². The molecule has 1 atom stereocenters. The predicted molar refractivity (Wildman–Crippen MR) is 118 cm³/mol. The Morgan fingerprint density at radius 2 is 2.00 bits per heavy atom. The minimum Gasteiger partial charge on any atom is -0.340 e. The van der Waals surface area contributed by atoms with E-state index in [1.165, 1.54) is 6.42 Å². The summed E-state index contributed by atoms with van der Waals surface area (Å²) < 4.78 is 3.47. The lowest BCUT2D eigenvalue weighted by Crippen LogP contribution is -2.42. The van der Waals surface area contributed by atoms with Crippen molar-refractivity contribution >= 4 is 17.1 Å². The molecular formula is C22H35N5O3. The van der Waals surface area contributed by atoms with Gasteiger partial charge in [-0.3, -0.25) is 19.1 Å². The zero-order valence-electron chi connectivity index (χ0n) is 18.7. The van der Waals surface area contributed by atoms with Crippen molar-refractivity contribution in [2.45, 2.75) is 91.8 Å². The maximum Gasteiger partial charge on any atom is 0.330 e. The number of carbonyl (C=O) groups excluding carboxylic acids is 1. The molecule has 8 heteroatoms. The molecule has 8 nitrogen and oxygen atoms in total. The van der Waals surface area contributed by atoms with Gasteiger partial charge in [-0.15, -0.1) is 0 Å². The second kappa shape index (κ2) is 9.62. The average Bonchev–Trinajstić information content (AvgIpc) is 3.04. The number of aromatic amines is 1. The number of carbonyl (C=O) groups is 1. The molecule has 1 fully saturated rings. The molecule has 3 rings (SSSR count). The summed E-state index contributed by atoms with van der Waals surface area (Å²) in [5, 5.41) is 0. The van der Waals surface area contributed by atoms with E-state index < -0.39 is 11.2 Å². The molecule has 2 aromatic rings. The first kappa shape index (κ1) is 22.3. The number of piperidine rings is 1. The largest absolute Gasteiger partial charge is 0.340 e. The number of hydrogen-bond acceptors (Lipinski definition) is 4. The molecule has 2 aromatic heterocycles. The molecule has 166 valence electrons. The molecule has 0 unspecified atom stereocenters. The SMILES string of the molecule is CCCCn1c(=O)[nH]c(=O)c2c1nc(CCC(=O)N1CCCC[C@@H]1C)n2CC(C)C. The predicted octanol–water partition coefficient (Wildman–Crippen LogP) is 2.68. The molecule has 0 spiro atoms. The summed E-state index contributed by atoms with van der Waals surface area (Å²) in [6.45, 7) is 10.3. The molecule has 0 bridgehead atoms. The monoisotopic (exact) mass is 417 g/mol. The van der Waals surface area contributed by atoms with Crippen LogP contribution in [0.2, 0.25) is 0 Å². The van der Waals surface area contributed by atoms with Gasteiger partial charge in [0.2, 0.25) is 5.91 Å². The number of aromatic nitrogens is 4. The number of nitrogens with one attached hydrogen (secondary N) is 1. The number of likely N-dealkylation sites (tertiary alicyclic amines) is 1. The highest BCUT2D eigenvalue weighted by Gasteiger charge is 2.24. The molecule has 0 aliphatic carbocycles. The first-order valence-electron chi connectivity index (χ1n) is 11.3. The second-order valence-corrected chi connectivity index (χ2v) is 8.90. The zero-order chi connectivity index (χ0) is 21.8. The van der Waals surface area contributed by atoms with Crippen LogP contribution in [0.15, 0.2) is 9.59 Å². The number of aryl methyl sites for hydroxylation is 2. The molecule has 1 aliphatic heterocycles. The molecule has 1 N–H and O–H groups in total. The van der Waals surface area contributed by atoms with E-state index in [0.29, 0.717) is 48.8 Å². The molecule has 1 saturated heterocycles. The van der Waals surface area contributed by atoms with Crippen LogP contribution in [0.25, 0.3) is 11.2 Å². The fourth-order valence-corrected chi connectivity index (χ4v) is 4.32. The summed E-state index contributed by atoms with van der Waals surface area (Å²) in [4.78, 5) is 47.0. The maximum absolute atomic E-state index is 12.8. The third-order valence-corrected chi connectivity index (χ3v) is 5.93. The Balaban J connectivity index is 1.96. The zero-order valence-corrected chi connectivity index (χ0v) is 18.7. The van der Waals surface area contributed by atoms with Crippen LogP contribution in [-0.2, 0) is 24.3 Å². The van der Waals surface area contributed by atoms with Gasteiger partial charge in [0.15, 0.2) is 11.2 Å². The Kier molecular flexibility index (Phi) is 7.15. The number of nitrogens with zero attached hydrogens (tertiary/aromatic N) is 4. The van der Waals surface area contributed by atoms with Gasteiger partial charge in [-0.25, -0.2) is 9.78 Å². The fraction of sp³-hybridized carbons (Fsp3) is 0.727. The van der Waals surface area contributed by atoms with E-state index in [-0.39, 0.29) is 11.9 Å². The maximum atomic E-state index is 12.8. The summed E-state index contributed by atoms with van der Waals surface area (Å²) in [6.07, 6.45) is 5.88. The number of imidazole rings is 1. The van der Waals surface area contributed by atoms with Crippen molar-refractivity contribution < 1.29 is 4.79 Å². The van der Waals surface area contributed by atoms with Gasteiger partial charge in [0, 0.05) is 38.5 Å². The quantitative estimate of drug-likeness (QED) is 0.715. The van der Waals surface area contributed by atoms with Crippen molar-refractivity contribution in [2.24, 2.45) is 5.92 Å². The third-order valence-electron chi connectivity index (χ3n) is 5.93. The van der Waals surface area contributed by atoms with Crippen LogP contribution in [0, 0.1) is 5.92 Å². The van der Waals surface area contributed by atoms with Crippen molar-refractivity contribution in [1.29, 1.82) is 0 Å². The van der Waals surface area contributed by atoms with Gasteiger partial charge >= 0.3 is 5.69 Å². The Bertz CT molecular complexity index is 1000. The fourth-order valence-electron chi connectivity index (χ4n) is 4.32. The summed E-state index contributed by atoms with van der Waals surface area (Å²) in [7, 11) is 0. The van der Waals surface area contributed by atoms with Crippen LogP contribution in [0.5, 0.6) is 0 Å². The Morgan fingerprint density at radius 1 is 1.23 bits per heavy atom. The summed E-state index contributed by atoms with van der Waals surface area (Å²) in [6, 6.07) is 0.280. The van der Waals surface area contributed by atoms with E-state index in [4.69, 9.17) is 4.98 Å². The Morgan fingerprint density at radius 3 is 2.67 bits per heavy atom. The number of rotatable bonds is 8. The van der Waals surface area contributed by atoms with Gasteiger partial charge in [-0.1, -0.05) is 27.2 Å². The molecule has 30 heavy (non-hydrogen) atoms. The van der Waals surface area contributed by atoms with Crippen molar-refractivity contribution in [1.82, 2.24) is 24.0 Å². The Hall–Kier alpha value is -2.38. The average molecular weight is 418 g/mol. The summed E-state index contributed by atoms with van der Waals surface area (Å²) in [5.41, 5.74) is 0.0536. The smallest absolute Gasteiger partial charge is 0.330 e. The molecule has 0 aromatic carbocycles. The van der Waals surface area contributed by atoms with Crippen LogP contribution >= 0.6 is 0 Å². The highest BCUT2D eigenvalue weighted by atomic mass is 16.2. The van der Waals surface area contributed by atoms with Gasteiger partial charge in [0.25, 0.3) is 5.56 Å². The molecular weight excluding hydrogens is 382 g/mol. The first-order valence-corrected chi connectivity index (χ1v) is 11.3. The van der Waals surface area contributed by atoms with E-state index in [0.717, 1.165) is 32.2 Å². The van der Waals surface area contributed by atoms with Crippen LogP contribution in [0.4, 0.5) is 0 Å². The number of amides is 1. The lowest BCUT2D eigenvalue weighted by atomic mass is 10.0. The van der Waals surface area contributed by atoms with Gasteiger partial charge in [0.05, 0.1) is 0 Å². The molecule has 3 heterocycles. The molecule has 1 amide bonds. The van der Waals surface area contributed by atoms with E-state index in [1.807, 2.05) is 9.47 Å². The number of hydrogen-bond donors (Lipinski definition) is 1. The van der Waals surface area contributed by atoms with Gasteiger partial charge in [-0.05, 0) is 38.5 Å². The molecule has 0 radical (unpaired) electrons. The van der Waals surface area contributed by atoms with E-state index in [9.17, 15) is 14.4 Å². The highest BCUT2D eigenvalue weighted by Crippen LogP contribution is 2.20. The van der Waals surface area contributed by atoms with Crippen LogP contribution < -0.4 is 11.2 Å². The number of fused-ring (bicyclic) bond motifs is 1. The van der Waals surface area contributed by atoms with Crippen molar-refractivity contribution in [3.8, 4) is 0 Å². The minimum absolute atomic E-state index is 0.141. The normalized spacial score (nSPS) is 17.2. The van der Waals surface area contributed by atoms with E-state index in [1.54, 1.807) is 4.57 Å². The van der Waals surface area contributed by atoms with E-state index >= 15 is 0 Å². The Labute approximate surface area is 177 Å². The minimum atomic E-state index is -0.417. The van der Waals surface area contributed by atoms with Gasteiger partial charge in [0.1, 0.15) is 5.82 Å². The standard InChI is InChI=1S/C22H35N5O3/c1-5-6-12-26-20-19(21(29)24-22(26)30)27(14-15(2)3)17(23-20)10-11-18(28)25-13-8-7-9-16(25)4/h15-16H,5-14H2,1-4H3,(H,24,29,30)/t16-/m0/s1. The summed E-state index contributed by atoms with van der Waals surface area (Å²) in [5.74, 6) is 1.15. The highest BCUT2D eigenvalue weighted by molar-refractivity contribution is 5.77. The molecule has 0 saturated carbocycles. The third kappa shape index (κ3) is 4.68. The second-order valence-electron chi connectivity index (χ2n) is 8.90. The lowest BCUT2D eigenvalue weighted by Gasteiger charge is -2.33. The lowest BCUT2D eigenvalue weighted by molar-refractivity contribution is -0.134. The van der Waals surface area contributed by atoms with Crippen LogP contribution in [-0.4, -0.2) is 42.5 Å². The van der Waals surface area contributed by atoms with Crippen molar-refractivity contribution in [3.05, 3.63) is 26.7 Å². The van der Waals surface area contributed by atoms with Gasteiger partial charge < -0.3 is 9.47 Å².